The highest BCUT2D eigenvalue weighted by Gasteiger charge is 2.07. The third-order valence-electron chi connectivity index (χ3n) is 2.44. The maximum atomic E-state index is 11.4. The van der Waals surface area contributed by atoms with Crippen LogP contribution in [0.1, 0.15) is 18.5 Å². The van der Waals surface area contributed by atoms with Crippen molar-refractivity contribution in [1.29, 1.82) is 0 Å². The van der Waals surface area contributed by atoms with Gasteiger partial charge in [0.1, 0.15) is 6.61 Å². The molecule has 0 aliphatic heterocycles. The first-order valence-corrected chi connectivity index (χ1v) is 5.97. The second-order valence-electron chi connectivity index (χ2n) is 4.20. The van der Waals surface area contributed by atoms with Gasteiger partial charge in [0.2, 0.25) is 5.91 Å². The standard InChI is InChI=1S/C12H21N3O3/c1-10-6-14-15(8-10)11(2)7-13-12(16)9-18-5-4-17-3/h6,8,11H,4-5,7,9H2,1-3H3,(H,13,16). The van der Waals surface area contributed by atoms with Gasteiger partial charge in [0.15, 0.2) is 0 Å². The summed E-state index contributed by atoms with van der Waals surface area (Å²) in [5, 5.41) is 7.00. The van der Waals surface area contributed by atoms with Gasteiger partial charge in [0, 0.05) is 19.9 Å². The van der Waals surface area contributed by atoms with Crippen LogP contribution in [0, 0.1) is 6.92 Å². The topological polar surface area (TPSA) is 65.4 Å². The highest BCUT2D eigenvalue weighted by molar-refractivity contribution is 5.77. The van der Waals surface area contributed by atoms with Crippen LogP contribution >= 0.6 is 0 Å². The predicted octanol–water partition coefficient (Wildman–Crippen LogP) is 0.532. The molecule has 0 saturated carbocycles. The molecule has 0 aliphatic rings. The van der Waals surface area contributed by atoms with Crippen molar-refractivity contribution < 1.29 is 14.3 Å². The van der Waals surface area contributed by atoms with Crippen LogP contribution in [0.4, 0.5) is 0 Å². The van der Waals surface area contributed by atoms with Crippen LogP contribution in [0.2, 0.25) is 0 Å². The molecule has 1 amide bonds. The fourth-order valence-corrected chi connectivity index (χ4v) is 1.39. The fourth-order valence-electron chi connectivity index (χ4n) is 1.39. The molecule has 0 aliphatic carbocycles. The molecule has 1 aromatic heterocycles. The Kier molecular flexibility index (Phi) is 6.38. The summed E-state index contributed by atoms with van der Waals surface area (Å²) in [4.78, 5) is 11.4. The Labute approximate surface area is 107 Å². The zero-order valence-electron chi connectivity index (χ0n) is 11.2. The molecular weight excluding hydrogens is 234 g/mol. The van der Waals surface area contributed by atoms with E-state index in [9.17, 15) is 4.79 Å². The maximum Gasteiger partial charge on any atom is 0.246 e. The molecule has 0 spiro atoms. The van der Waals surface area contributed by atoms with Crippen molar-refractivity contribution in [3.63, 3.8) is 0 Å². The Morgan fingerprint density at radius 2 is 2.33 bits per heavy atom. The molecule has 1 N–H and O–H groups in total. The van der Waals surface area contributed by atoms with Crippen LogP contribution < -0.4 is 5.32 Å². The summed E-state index contributed by atoms with van der Waals surface area (Å²) < 4.78 is 11.8. The first-order valence-electron chi connectivity index (χ1n) is 5.97. The third-order valence-corrected chi connectivity index (χ3v) is 2.44. The maximum absolute atomic E-state index is 11.4. The van der Waals surface area contributed by atoms with Crippen LogP contribution in [0.5, 0.6) is 0 Å². The summed E-state index contributed by atoms with van der Waals surface area (Å²) in [6.45, 7) is 5.51. The molecule has 6 heteroatoms. The molecule has 0 saturated heterocycles. The van der Waals surface area contributed by atoms with Gasteiger partial charge in [0.05, 0.1) is 25.5 Å². The molecule has 1 heterocycles. The number of ether oxygens (including phenoxy) is 2. The number of carbonyl (C=O) groups excluding carboxylic acids is 1. The van der Waals surface area contributed by atoms with Gasteiger partial charge in [0.25, 0.3) is 0 Å². The molecule has 6 nitrogen and oxygen atoms in total. The molecule has 1 aromatic rings. The van der Waals surface area contributed by atoms with Crippen molar-refractivity contribution >= 4 is 5.91 Å². The number of carbonyl (C=O) groups is 1. The van der Waals surface area contributed by atoms with Gasteiger partial charge >= 0.3 is 0 Å². The van der Waals surface area contributed by atoms with Crippen LogP contribution in [-0.4, -0.2) is 49.2 Å². The number of rotatable bonds is 8. The molecule has 1 unspecified atom stereocenters. The van der Waals surface area contributed by atoms with Gasteiger partial charge in [-0.05, 0) is 19.4 Å². The quantitative estimate of drug-likeness (QED) is 0.688. The van der Waals surface area contributed by atoms with Crippen molar-refractivity contribution in [1.82, 2.24) is 15.1 Å². The number of hydrogen-bond acceptors (Lipinski definition) is 4. The summed E-state index contributed by atoms with van der Waals surface area (Å²) in [5.74, 6) is -0.123. The number of aryl methyl sites for hydroxylation is 1. The number of methoxy groups -OCH3 is 1. The van der Waals surface area contributed by atoms with E-state index in [4.69, 9.17) is 9.47 Å². The van der Waals surface area contributed by atoms with E-state index in [1.165, 1.54) is 0 Å². The smallest absolute Gasteiger partial charge is 0.246 e. The lowest BCUT2D eigenvalue weighted by Gasteiger charge is -2.13. The van der Waals surface area contributed by atoms with Crippen molar-refractivity contribution in [2.75, 3.05) is 33.5 Å². The molecule has 18 heavy (non-hydrogen) atoms. The van der Waals surface area contributed by atoms with E-state index < -0.39 is 0 Å². The number of nitrogens with zero attached hydrogens (tertiary/aromatic N) is 2. The van der Waals surface area contributed by atoms with Crippen molar-refractivity contribution in [3.8, 4) is 0 Å². The number of hydrogen-bond donors (Lipinski definition) is 1. The average molecular weight is 255 g/mol. The average Bonchev–Trinajstić information content (AvgIpc) is 2.78. The molecule has 0 radical (unpaired) electrons. The molecule has 0 bridgehead atoms. The molecule has 1 rings (SSSR count). The van der Waals surface area contributed by atoms with Gasteiger partial charge in [-0.25, -0.2) is 0 Å². The summed E-state index contributed by atoms with van der Waals surface area (Å²) in [6.07, 6.45) is 3.75. The molecule has 0 fully saturated rings. The number of amides is 1. The van der Waals surface area contributed by atoms with Crippen molar-refractivity contribution in [3.05, 3.63) is 18.0 Å². The van der Waals surface area contributed by atoms with E-state index in [1.807, 2.05) is 24.7 Å². The van der Waals surface area contributed by atoms with E-state index in [0.717, 1.165) is 5.56 Å². The van der Waals surface area contributed by atoms with E-state index >= 15 is 0 Å². The monoisotopic (exact) mass is 255 g/mol. The van der Waals surface area contributed by atoms with E-state index in [-0.39, 0.29) is 18.6 Å². The fraction of sp³-hybridized carbons (Fsp3) is 0.667. The Hall–Kier alpha value is -1.40. The van der Waals surface area contributed by atoms with E-state index in [1.54, 1.807) is 13.3 Å². The summed E-state index contributed by atoms with van der Waals surface area (Å²) in [7, 11) is 1.59. The minimum Gasteiger partial charge on any atom is -0.382 e. The third kappa shape index (κ3) is 5.29. The molecular formula is C12H21N3O3. The first-order chi connectivity index (χ1) is 8.63. The Bertz CT molecular complexity index is 365. The van der Waals surface area contributed by atoms with Gasteiger partial charge in [-0.15, -0.1) is 0 Å². The molecule has 0 aromatic carbocycles. The largest absolute Gasteiger partial charge is 0.382 e. The zero-order valence-corrected chi connectivity index (χ0v) is 11.2. The van der Waals surface area contributed by atoms with Crippen LogP contribution in [0.25, 0.3) is 0 Å². The highest BCUT2D eigenvalue weighted by atomic mass is 16.5. The predicted molar refractivity (Wildman–Crippen MR) is 67.4 cm³/mol. The van der Waals surface area contributed by atoms with Crippen LogP contribution in [0.15, 0.2) is 12.4 Å². The Morgan fingerprint density at radius 3 is 2.94 bits per heavy atom. The lowest BCUT2D eigenvalue weighted by molar-refractivity contribution is -0.126. The van der Waals surface area contributed by atoms with Crippen LogP contribution in [0.3, 0.4) is 0 Å². The summed E-state index contributed by atoms with van der Waals surface area (Å²) in [5.41, 5.74) is 1.11. The lowest BCUT2D eigenvalue weighted by Crippen LogP contribution is -2.32. The van der Waals surface area contributed by atoms with Crippen LogP contribution in [-0.2, 0) is 14.3 Å². The SMILES string of the molecule is COCCOCC(=O)NCC(C)n1cc(C)cn1. The number of nitrogens with one attached hydrogen (secondary N) is 1. The Balaban J connectivity index is 2.18. The minimum atomic E-state index is -0.123. The van der Waals surface area contributed by atoms with Crippen molar-refractivity contribution in [2.45, 2.75) is 19.9 Å². The van der Waals surface area contributed by atoms with Gasteiger partial charge in [-0.3, -0.25) is 9.48 Å². The second kappa shape index (κ2) is 7.84. The zero-order chi connectivity index (χ0) is 13.4. The van der Waals surface area contributed by atoms with E-state index in [2.05, 4.69) is 10.4 Å². The normalized spacial score (nSPS) is 12.4. The Morgan fingerprint density at radius 1 is 1.56 bits per heavy atom. The number of aromatic nitrogens is 2. The highest BCUT2D eigenvalue weighted by Crippen LogP contribution is 2.04. The summed E-state index contributed by atoms with van der Waals surface area (Å²) >= 11 is 0. The van der Waals surface area contributed by atoms with Gasteiger partial charge < -0.3 is 14.8 Å². The lowest BCUT2D eigenvalue weighted by atomic mass is 10.3. The van der Waals surface area contributed by atoms with Gasteiger partial charge in [-0.1, -0.05) is 0 Å². The minimum absolute atomic E-state index is 0.0637. The van der Waals surface area contributed by atoms with E-state index in [0.29, 0.717) is 19.8 Å². The second-order valence-corrected chi connectivity index (χ2v) is 4.20. The summed E-state index contributed by atoms with van der Waals surface area (Å²) in [6, 6.07) is 0.127. The first kappa shape index (κ1) is 14.7. The molecule has 1 atom stereocenters. The van der Waals surface area contributed by atoms with Gasteiger partial charge in [-0.2, -0.15) is 5.10 Å². The van der Waals surface area contributed by atoms with Crippen molar-refractivity contribution in [2.24, 2.45) is 0 Å². The molecule has 102 valence electrons.